The van der Waals surface area contributed by atoms with Crippen molar-refractivity contribution in [1.29, 1.82) is 0 Å². The normalized spacial score (nSPS) is 13.6. The Morgan fingerprint density at radius 2 is 1.74 bits per heavy atom. The molecule has 0 aromatic rings. The van der Waals surface area contributed by atoms with Crippen LogP contribution in [0.25, 0.3) is 0 Å². The summed E-state index contributed by atoms with van der Waals surface area (Å²) in [6, 6.07) is -0.829. The fourth-order valence-corrected chi connectivity index (χ4v) is 2.57. The van der Waals surface area contributed by atoms with E-state index in [4.69, 9.17) is 0 Å². The molecule has 0 heterocycles. The van der Waals surface area contributed by atoms with Gasteiger partial charge < -0.3 is 16.0 Å². The topological polar surface area (TPSA) is 87.3 Å². The summed E-state index contributed by atoms with van der Waals surface area (Å²) >= 11 is 2.00. The zero-order chi connectivity index (χ0) is 18.0. The van der Waals surface area contributed by atoms with E-state index in [9.17, 15) is 14.4 Å². The number of amides is 2. The average Bonchev–Trinajstić information content (AvgIpc) is 2.49. The number of likely N-dealkylation sites (N-methyl/N-ethyl adjacent to an activating group) is 1. The molecule has 6 nitrogen and oxygen atoms in total. The Kier molecular flexibility index (Phi) is 11.5. The van der Waals surface area contributed by atoms with Crippen molar-refractivity contribution < 1.29 is 14.4 Å². The van der Waals surface area contributed by atoms with Crippen molar-refractivity contribution in [2.45, 2.75) is 52.6 Å². The third-order valence-electron chi connectivity index (χ3n) is 3.60. The lowest BCUT2D eigenvalue weighted by Crippen LogP contribution is -2.52. The van der Waals surface area contributed by atoms with Crippen molar-refractivity contribution in [2.75, 3.05) is 13.6 Å². The first-order chi connectivity index (χ1) is 10.7. The third kappa shape index (κ3) is 8.69. The summed E-state index contributed by atoms with van der Waals surface area (Å²) in [6.07, 6.45) is 1.18. The molecular weight excluding hydrogens is 408 g/mol. The van der Waals surface area contributed by atoms with Gasteiger partial charge >= 0.3 is 5.14 Å². The van der Waals surface area contributed by atoms with Gasteiger partial charge in [0.25, 0.3) is 0 Å². The summed E-state index contributed by atoms with van der Waals surface area (Å²) in [6.45, 7) is 8.09. The fraction of sp³-hybridized carbons (Fsp3) is 0.800. The minimum Gasteiger partial charge on any atom is -0.364 e. The molecule has 132 valence electrons. The fourth-order valence-electron chi connectivity index (χ4n) is 2.30. The van der Waals surface area contributed by atoms with Crippen LogP contribution < -0.4 is 16.0 Å². The summed E-state index contributed by atoms with van der Waals surface area (Å²) in [4.78, 5) is 35.9. The van der Waals surface area contributed by atoms with E-state index in [1.165, 1.54) is 0 Å². The Morgan fingerprint density at radius 1 is 1.13 bits per heavy atom. The maximum absolute atomic E-state index is 12.3. The van der Waals surface area contributed by atoms with Gasteiger partial charge in [-0.15, -0.1) is 22.4 Å². The summed E-state index contributed by atoms with van der Waals surface area (Å²) in [5, 5.41) is 9.05. The van der Waals surface area contributed by atoms with Gasteiger partial charge in [0.15, 0.2) is 11.6 Å². The molecule has 23 heavy (non-hydrogen) atoms. The van der Waals surface area contributed by atoms with Crippen molar-refractivity contribution in [2.24, 2.45) is 11.8 Å². The van der Waals surface area contributed by atoms with Crippen LogP contribution in [0.2, 0.25) is 0 Å². The van der Waals surface area contributed by atoms with E-state index >= 15 is 0 Å². The second-order valence-electron chi connectivity index (χ2n) is 6.25. The zero-order valence-corrected chi connectivity index (χ0v) is 16.9. The summed E-state index contributed by atoms with van der Waals surface area (Å²) in [5.74, 6) is -0.152. The third-order valence-corrected chi connectivity index (χ3v) is 4.30. The minimum absolute atomic E-state index is 0.0172. The Labute approximate surface area is 153 Å². The van der Waals surface area contributed by atoms with Gasteiger partial charge in [-0.2, -0.15) is 0 Å². The molecule has 2 amide bonds. The Bertz CT molecular complexity index is 405. The molecule has 1 unspecified atom stereocenters. The summed E-state index contributed by atoms with van der Waals surface area (Å²) < 4.78 is 0. The first kappa shape index (κ1) is 22.4. The van der Waals surface area contributed by atoms with E-state index < -0.39 is 6.04 Å². The van der Waals surface area contributed by atoms with Gasteiger partial charge in [-0.1, -0.05) is 27.7 Å². The molecule has 0 aliphatic rings. The van der Waals surface area contributed by atoms with E-state index in [0.29, 0.717) is 24.5 Å². The average molecular weight is 437 g/mol. The van der Waals surface area contributed by atoms with Gasteiger partial charge in [0.2, 0.25) is 5.91 Å². The van der Waals surface area contributed by atoms with Crippen molar-refractivity contribution in [3.05, 3.63) is 0 Å². The highest BCUT2D eigenvalue weighted by Gasteiger charge is 2.27. The smallest absolute Gasteiger partial charge is 0.307 e. The molecule has 0 fully saturated rings. The molecule has 0 saturated carbocycles. The molecule has 0 spiro atoms. The van der Waals surface area contributed by atoms with Crippen molar-refractivity contribution in [3.63, 3.8) is 0 Å². The Hall–Kier alpha value is -0.635. The van der Waals surface area contributed by atoms with Crippen LogP contribution in [0.3, 0.4) is 0 Å². The van der Waals surface area contributed by atoms with Gasteiger partial charge in [-0.3, -0.25) is 14.4 Å². The van der Waals surface area contributed by atoms with E-state index in [1.54, 1.807) is 7.05 Å². The monoisotopic (exact) mass is 437 g/mol. The van der Waals surface area contributed by atoms with Crippen LogP contribution in [0.1, 0.15) is 40.5 Å². The van der Waals surface area contributed by atoms with Gasteiger partial charge in [0.05, 0.1) is 12.1 Å². The Morgan fingerprint density at radius 3 is 2.17 bits per heavy atom. The number of rotatable bonds is 11. The maximum Gasteiger partial charge on any atom is 0.307 e. The van der Waals surface area contributed by atoms with Crippen LogP contribution in [-0.2, 0) is 9.59 Å². The molecule has 0 aliphatic heterocycles. The van der Waals surface area contributed by atoms with E-state index in [0.717, 1.165) is 0 Å². The van der Waals surface area contributed by atoms with E-state index in [1.807, 2.05) is 50.1 Å². The quantitative estimate of drug-likeness (QED) is 0.258. The van der Waals surface area contributed by atoms with Crippen LogP contribution in [-0.4, -0.2) is 48.3 Å². The molecule has 0 aromatic carbocycles. The number of hydrogen-bond donors (Lipinski definition) is 3. The first-order valence-electron chi connectivity index (χ1n) is 8.08. The molecule has 0 saturated heterocycles. The van der Waals surface area contributed by atoms with Gasteiger partial charge in [0, 0.05) is 12.5 Å². The highest BCUT2D eigenvalue weighted by molar-refractivity contribution is 14.1. The van der Waals surface area contributed by atoms with Crippen LogP contribution >= 0.6 is 22.4 Å². The molecule has 0 radical (unpaired) electrons. The van der Waals surface area contributed by atoms with E-state index in [2.05, 4.69) is 16.0 Å². The molecule has 3 N–H and O–H groups in total. The minimum atomic E-state index is -0.506. The zero-order valence-electron chi connectivity index (χ0n) is 14.7. The molecule has 0 aliphatic carbocycles. The van der Waals surface area contributed by atoms with Crippen LogP contribution in [0.15, 0.2) is 0 Å². The van der Waals surface area contributed by atoms with Gasteiger partial charge in [-0.05, 0) is 25.8 Å². The lowest BCUT2D eigenvalue weighted by atomic mass is 9.96. The van der Waals surface area contributed by atoms with Crippen molar-refractivity contribution >= 4 is 45.0 Å². The summed E-state index contributed by atoms with van der Waals surface area (Å²) in [5.41, 5.74) is 0. The number of ketones is 1. The second kappa shape index (κ2) is 11.8. The molecule has 8 heteroatoms. The molecule has 2 atom stereocenters. The predicted molar refractivity (Wildman–Crippen MR) is 103 cm³/mol. The largest absolute Gasteiger partial charge is 0.364 e. The van der Waals surface area contributed by atoms with Crippen LogP contribution in [0.4, 0.5) is 4.79 Å². The van der Waals surface area contributed by atoms with Gasteiger partial charge in [-0.25, -0.2) is 0 Å². The SMILES string of the molecule is CNC(C(=O)N[C@@H](CCCNC(=O)BI)C(=O)C(C)C)C(C)C. The standard InChI is InChI=1S/C15H29BIN3O3/c1-9(2)12(18-5)14(22)20-11(13(21)10(3)4)7-6-8-19-15(23)16-17/h9-12,16,18H,6-8H2,1-5H3,(H,19,23)(H,20,22)/t11-,12?/m0/s1. The van der Waals surface area contributed by atoms with Crippen LogP contribution in [0.5, 0.6) is 0 Å². The number of Topliss-reactive ketones (excluding diaryl/α,β-unsaturated/α-hetero) is 1. The lowest BCUT2D eigenvalue weighted by molar-refractivity contribution is -0.131. The van der Waals surface area contributed by atoms with Crippen LogP contribution in [0, 0.1) is 11.8 Å². The van der Waals surface area contributed by atoms with E-state index in [-0.39, 0.29) is 35.4 Å². The number of carbonyl (C=O) groups is 3. The maximum atomic E-state index is 12.3. The molecular formula is C15H29BIN3O3. The number of nitrogens with one attached hydrogen (secondary N) is 3. The second-order valence-corrected chi connectivity index (χ2v) is 7.02. The molecule has 0 aromatic heterocycles. The summed E-state index contributed by atoms with van der Waals surface area (Å²) in [7, 11) is 1.74. The molecule has 0 bridgehead atoms. The van der Waals surface area contributed by atoms with Crippen molar-refractivity contribution in [1.82, 2.24) is 16.0 Å². The highest BCUT2D eigenvalue weighted by Crippen LogP contribution is 2.08. The van der Waals surface area contributed by atoms with Crippen molar-refractivity contribution in [3.8, 4) is 0 Å². The van der Waals surface area contributed by atoms with Gasteiger partial charge in [0.1, 0.15) is 0 Å². The number of halogens is 1. The highest BCUT2D eigenvalue weighted by atomic mass is 127. The Balaban J connectivity index is 4.66. The number of hydrogen-bond acceptors (Lipinski definition) is 4. The number of carbonyl (C=O) groups excluding carboxylic acids is 3. The predicted octanol–water partition coefficient (Wildman–Crippen LogP) is 1.22. The first-order valence-corrected chi connectivity index (χ1v) is 9.61. The molecule has 0 rings (SSSR count). The lowest BCUT2D eigenvalue weighted by Gasteiger charge is -2.25.